The number of hydrogen-bond acceptors (Lipinski definition) is 5. The smallest absolute Gasteiger partial charge is 0.221 e. The van der Waals surface area contributed by atoms with Gasteiger partial charge in [0.2, 0.25) is 11.7 Å². The molecule has 6 nitrogen and oxygen atoms in total. The predicted molar refractivity (Wildman–Crippen MR) is 88.3 cm³/mol. The molecule has 0 spiro atoms. The zero-order valence-corrected chi connectivity index (χ0v) is 14.3. The van der Waals surface area contributed by atoms with Gasteiger partial charge in [-0.25, -0.2) is 0 Å². The molecule has 0 saturated heterocycles. The second kappa shape index (κ2) is 10.1. The number of nitrogens with one attached hydrogen (secondary N) is 1. The summed E-state index contributed by atoms with van der Waals surface area (Å²) in [6.07, 6.45) is 0.956. The number of benzene rings is 1. The standard InChI is InChI=1S/C15H24N2O4.ClH/c1-10(16)9-13(18)17-8-7-11-5-6-12(19-2)15(21-4)14(11)20-3;/h5-6,10H,7-9,16H2,1-4H3,(H,17,18);1H. The number of rotatable bonds is 8. The second-order valence-corrected chi connectivity index (χ2v) is 4.77. The third-order valence-electron chi connectivity index (χ3n) is 3.01. The summed E-state index contributed by atoms with van der Waals surface area (Å²) < 4.78 is 16.0. The summed E-state index contributed by atoms with van der Waals surface area (Å²) in [7, 11) is 4.72. The first kappa shape index (κ1) is 20.3. The zero-order valence-electron chi connectivity index (χ0n) is 13.5. The number of ether oxygens (including phenoxy) is 3. The fraction of sp³-hybridized carbons (Fsp3) is 0.533. The van der Waals surface area contributed by atoms with Gasteiger partial charge >= 0.3 is 0 Å². The molecule has 1 aromatic rings. The van der Waals surface area contributed by atoms with Crippen molar-refractivity contribution < 1.29 is 19.0 Å². The number of amides is 1. The fourth-order valence-electron chi connectivity index (χ4n) is 2.06. The van der Waals surface area contributed by atoms with Crippen LogP contribution in [0.2, 0.25) is 0 Å². The number of carbonyl (C=O) groups excluding carboxylic acids is 1. The Balaban J connectivity index is 0.00000441. The van der Waals surface area contributed by atoms with Crippen molar-refractivity contribution in [2.45, 2.75) is 25.8 Å². The molecule has 0 aliphatic heterocycles. The highest BCUT2D eigenvalue weighted by molar-refractivity contribution is 5.85. The van der Waals surface area contributed by atoms with Gasteiger partial charge in [0.05, 0.1) is 21.3 Å². The van der Waals surface area contributed by atoms with Crippen molar-refractivity contribution in [1.29, 1.82) is 0 Å². The van der Waals surface area contributed by atoms with Crippen LogP contribution in [-0.2, 0) is 11.2 Å². The Morgan fingerprint density at radius 2 is 1.82 bits per heavy atom. The Morgan fingerprint density at radius 3 is 2.32 bits per heavy atom. The number of hydrogen-bond donors (Lipinski definition) is 2. The van der Waals surface area contributed by atoms with E-state index in [2.05, 4.69) is 5.32 Å². The summed E-state index contributed by atoms with van der Waals surface area (Å²) in [5.74, 6) is 1.74. The van der Waals surface area contributed by atoms with E-state index in [9.17, 15) is 4.79 Å². The normalized spacial score (nSPS) is 11.1. The molecule has 0 heterocycles. The van der Waals surface area contributed by atoms with E-state index in [0.717, 1.165) is 5.56 Å². The van der Waals surface area contributed by atoms with Crippen molar-refractivity contribution >= 4 is 18.3 Å². The maximum absolute atomic E-state index is 11.6. The van der Waals surface area contributed by atoms with Gasteiger partial charge in [0.15, 0.2) is 11.5 Å². The van der Waals surface area contributed by atoms with E-state index < -0.39 is 0 Å². The molecule has 0 aliphatic carbocycles. The third-order valence-corrected chi connectivity index (χ3v) is 3.01. The fourth-order valence-corrected chi connectivity index (χ4v) is 2.06. The first-order chi connectivity index (χ1) is 10.0. The van der Waals surface area contributed by atoms with Gasteiger partial charge in [0.25, 0.3) is 0 Å². The zero-order chi connectivity index (χ0) is 15.8. The van der Waals surface area contributed by atoms with Crippen LogP contribution in [0.1, 0.15) is 18.9 Å². The van der Waals surface area contributed by atoms with Crippen LogP contribution in [0, 0.1) is 0 Å². The van der Waals surface area contributed by atoms with Crippen LogP contribution in [0.3, 0.4) is 0 Å². The monoisotopic (exact) mass is 332 g/mol. The van der Waals surface area contributed by atoms with E-state index in [1.54, 1.807) is 28.3 Å². The lowest BCUT2D eigenvalue weighted by molar-refractivity contribution is -0.121. The van der Waals surface area contributed by atoms with Crippen molar-refractivity contribution in [2.75, 3.05) is 27.9 Å². The van der Waals surface area contributed by atoms with Crippen LogP contribution in [0.25, 0.3) is 0 Å². The molecule has 126 valence electrons. The SMILES string of the molecule is COc1ccc(CCNC(=O)CC(C)N)c(OC)c1OC.Cl. The summed E-state index contributed by atoms with van der Waals surface area (Å²) in [5, 5.41) is 2.83. The Labute approximate surface area is 137 Å². The van der Waals surface area contributed by atoms with E-state index in [-0.39, 0.29) is 24.4 Å². The van der Waals surface area contributed by atoms with Crippen molar-refractivity contribution in [3.63, 3.8) is 0 Å². The minimum absolute atomic E-state index is 0. The van der Waals surface area contributed by atoms with E-state index in [1.807, 2.05) is 12.1 Å². The van der Waals surface area contributed by atoms with Gasteiger partial charge in [-0.3, -0.25) is 4.79 Å². The molecule has 1 amide bonds. The lowest BCUT2D eigenvalue weighted by Crippen LogP contribution is -2.31. The van der Waals surface area contributed by atoms with E-state index >= 15 is 0 Å². The first-order valence-electron chi connectivity index (χ1n) is 6.83. The van der Waals surface area contributed by atoms with Crippen LogP contribution < -0.4 is 25.3 Å². The molecule has 7 heteroatoms. The van der Waals surface area contributed by atoms with Crippen molar-refractivity contribution in [3.8, 4) is 17.2 Å². The van der Waals surface area contributed by atoms with Crippen molar-refractivity contribution in [1.82, 2.24) is 5.32 Å². The summed E-state index contributed by atoms with van der Waals surface area (Å²) >= 11 is 0. The summed E-state index contributed by atoms with van der Waals surface area (Å²) in [6.45, 7) is 2.31. The molecule has 0 radical (unpaired) electrons. The second-order valence-electron chi connectivity index (χ2n) is 4.77. The molecule has 0 bridgehead atoms. The minimum atomic E-state index is -0.138. The Kier molecular flexibility index (Phi) is 9.37. The Morgan fingerprint density at radius 1 is 1.18 bits per heavy atom. The highest BCUT2D eigenvalue weighted by Gasteiger charge is 2.15. The molecule has 0 aromatic heterocycles. The molecule has 0 fully saturated rings. The number of carbonyl (C=O) groups is 1. The minimum Gasteiger partial charge on any atom is -0.493 e. The van der Waals surface area contributed by atoms with Gasteiger partial charge in [-0.15, -0.1) is 12.4 Å². The average molecular weight is 333 g/mol. The predicted octanol–water partition coefficient (Wildman–Crippen LogP) is 1.53. The third kappa shape index (κ3) is 5.61. The maximum atomic E-state index is 11.6. The topological polar surface area (TPSA) is 82.8 Å². The molecule has 0 saturated carbocycles. The molecule has 1 aromatic carbocycles. The van der Waals surface area contributed by atoms with E-state index in [0.29, 0.717) is 36.6 Å². The van der Waals surface area contributed by atoms with E-state index in [4.69, 9.17) is 19.9 Å². The van der Waals surface area contributed by atoms with Gasteiger partial charge in [-0.1, -0.05) is 6.07 Å². The summed E-state index contributed by atoms with van der Waals surface area (Å²) in [5.41, 5.74) is 6.52. The Bertz CT molecular complexity index is 481. The number of halogens is 1. The van der Waals surface area contributed by atoms with Crippen LogP contribution in [0.4, 0.5) is 0 Å². The first-order valence-corrected chi connectivity index (χ1v) is 6.83. The molecule has 22 heavy (non-hydrogen) atoms. The quantitative estimate of drug-likeness (QED) is 0.754. The number of nitrogens with two attached hydrogens (primary N) is 1. The van der Waals surface area contributed by atoms with Crippen molar-refractivity contribution in [3.05, 3.63) is 17.7 Å². The Hall–Kier alpha value is -1.66. The van der Waals surface area contributed by atoms with Gasteiger partial charge in [0, 0.05) is 24.6 Å². The molecule has 3 N–H and O–H groups in total. The van der Waals surface area contributed by atoms with Gasteiger partial charge in [-0.2, -0.15) is 0 Å². The summed E-state index contributed by atoms with van der Waals surface area (Å²) in [6, 6.07) is 3.58. The van der Waals surface area contributed by atoms with Crippen molar-refractivity contribution in [2.24, 2.45) is 5.73 Å². The molecule has 0 aliphatic rings. The largest absolute Gasteiger partial charge is 0.493 e. The molecule has 1 unspecified atom stereocenters. The highest BCUT2D eigenvalue weighted by Crippen LogP contribution is 2.39. The van der Waals surface area contributed by atoms with Crippen LogP contribution in [-0.4, -0.2) is 39.8 Å². The molecule has 1 atom stereocenters. The average Bonchev–Trinajstić information content (AvgIpc) is 2.45. The van der Waals surface area contributed by atoms with Gasteiger partial charge in [-0.05, 0) is 19.4 Å². The van der Waals surface area contributed by atoms with E-state index in [1.165, 1.54) is 0 Å². The molecular formula is C15H25ClN2O4. The number of methoxy groups -OCH3 is 3. The highest BCUT2D eigenvalue weighted by atomic mass is 35.5. The molecule has 1 rings (SSSR count). The molecular weight excluding hydrogens is 308 g/mol. The summed E-state index contributed by atoms with van der Waals surface area (Å²) in [4.78, 5) is 11.6. The lowest BCUT2D eigenvalue weighted by atomic mass is 10.1. The van der Waals surface area contributed by atoms with Gasteiger partial charge < -0.3 is 25.3 Å². The van der Waals surface area contributed by atoms with Crippen LogP contribution >= 0.6 is 12.4 Å². The maximum Gasteiger partial charge on any atom is 0.221 e. The lowest BCUT2D eigenvalue weighted by Gasteiger charge is -2.16. The van der Waals surface area contributed by atoms with Gasteiger partial charge in [0.1, 0.15) is 0 Å². The van der Waals surface area contributed by atoms with Crippen LogP contribution in [0.15, 0.2) is 12.1 Å². The van der Waals surface area contributed by atoms with Crippen LogP contribution in [0.5, 0.6) is 17.2 Å².